The molecule has 0 unspecified atom stereocenters. The van der Waals surface area contributed by atoms with Crippen LogP contribution in [0.25, 0.3) is 20.2 Å². The summed E-state index contributed by atoms with van der Waals surface area (Å²) in [7, 11) is 0. The van der Waals surface area contributed by atoms with Crippen molar-refractivity contribution in [2.75, 3.05) is 0 Å². The van der Waals surface area contributed by atoms with Crippen LogP contribution in [0.1, 0.15) is 31.2 Å². The number of carboxylic acids is 1. The Labute approximate surface area is 141 Å². The Balaban J connectivity index is 2.02. The van der Waals surface area contributed by atoms with E-state index in [2.05, 4.69) is 0 Å². The molecule has 0 aliphatic carbocycles. The van der Waals surface area contributed by atoms with Crippen molar-refractivity contribution in [1.82, 2.24) is 0 Å². The molecule has 1 N–H and O–H groups in total. The normalized spacial score (nSPS) is 10.7. The summed E-state index contributed by atoms with van der Waals surface area (Å²) < 4.78 is 0. The maximum Gasteiger partial charge on any atom is 0.335 e. The van der Waals surface area contributed by atoms with Crippen LogP contribution in [0.5, 0.6) is 0 Å². The topological polar surface area (TPSA) is 54.4 Å². The summed E-state index contributed by atoms with van der Waals surface area (Å²) in [4.78, 5) is 26.0. The van der Waals surface area contributed by atoms with E-state index in [1.807, 2.05) is 44.2 Å². The zero-order valence-corrected chi connectivity index (χ0v) is 14.3. The van der Waals surface area contributed by atoms with E-state index in [4.69, 9.17) is 0 Å². The van der Waals surface area contributed by atoms with Crippen molar-refractivity contribution in [2.45, 2.75) is 13.8 Å². The molecule has 0 amide bonds. The summed E-state index contributed by atoms with van der Waals surface area (Å²) in [5, 5.41) is 9.21. The van der Waals surface area contributed by atoms with Gasteiger partial charge in [-0.3, -0.25) is 4.79 Å². The van der Waals surface area contributed by atoms with Gasteiger partial charge in [0.25, 0.3) is 0 Å². The summed E-state index contributed by atoms with van der Waals surface area (Å²) in [6, 6.07) is 11.4. The molecule has 0 bridgehead atoms. The van der Waals surface area contributed by atoms with Gasteiger partial charge < -0.3 is 5.11 Å². The maximum absolute atomic E-state index is 11.2. The Morgan fingerprint density at radius 1 is 0.913 bits per heavy atom. The number of aldehydes is 1. The first-order chi connectivity index (χ1) is 11.0. The first kappa shape index (κ1) is 15.6. The second-order valence-electron chi connectivity index (χ2n) is 5.20. The first-order valence-electron chi connectivity index (χ1n) is 7.00. The van der Waals surface area contributed by atoms with Crippen molar-refractivity contribution in [2.24, 2.45) is 0 Å². The van der Waals surface area contributed by atoms with E-state index in [1.54, 1.807) is 17.4 Å². The van der Waals surface area contributed by atoms with Crippen molar-refractivity contribution >= 4 is 34.9 Å². The lowest BCUT2D eigenvalue weighted by atomic mass is 9.97. The molecule has 0 fully saturated rings. The van der Waals surface area contributed by atoms with E-state index in [-0.39, 0.29) is 0 Å². The Bertz CT molecular complexity index is 903. The number of hydrogen-bond donors (Lipinski definition) is 1. The minimum atomic E-state index is -0.899. The molecule has 0 saturated carbocycles. The molecule has 0 aliphatic rings. The Morgan fingerprint density at radius 2 is 1.57 bits per heavy atom. The van der Waals surface area contributed by atoms with Crippen LogP contribution in [0.4, 0.5) is 0 Å². The molecule has 0 saturated heterocycles. The van der Waals surface area contributed by atoms with E-state index < -0.39 is 5.97 Å². The molecule has 3 nitrogen and oxygen atoms in total. The Kier molecular flexibility index (Phi) is 4.15. The standard InChI is InChI=1S/C18H14O3S2/c1-10-11(2)14(18(20)21)5-4-13(10)15-7-8-17(23-15)16-6-3-12(9-19)22-16/h3-9H,1-2H3,(H,20,21). The van der Waals surface area contributed by atoms with Gasteiger partial charge in [0.1, 0.15) is 0 Å². The average Bonchev–Trinajstić information content (AvgIpc) is 3.17. The van der Waals surface area contributed by atoms with Gasteiger partial charge in [-0.15, -0.1) is 22.7 Å². The predicted molar refractivity (Wildman–Crippen MR) is 94.9 cm³/mol. The third-order valence-corrected chi connectivity index (χ3v) is 6.20. The van der Waals surface area contributed by atoms with E-state index in [0.29, 0.717) is 10.4 Å². The van der Waals surface area contributed by atoms with Crippen LogP contribution < -0.4 is 0 Å². The minimum absolute atomic E-state index is 0.344. The van der Waals surface area contributed by atoms with Crippen molar-refractivity contribution in [3.63, 3.8) is 0 Å². The van der Waals surface area contributed by atoms with Gasteiger partial charge >= 0.3 is 5.97 Å². The molecule has 3 aromatic rings. The van der Waals surface area contributed by atoms with Crippen LogP contribution >= 0.6 is 22.7 Å². The zero-order valence-electron chi connectivity index (χ0n) is 12.6. The molecule has 5 heteroatoms. The number of hydrogen-bond acceptors (Lipinski definition) is 4. The largest absolute Gasteiger partial charge is 0.478 e. The van der Waals surface area contributed by atoms with E-state index in [1.165, 1.54) is 11.3 Å². The van der Waals surface area contributed by atoms with Crippen molar-refractivity contribution < 1.29 is 14.7 Å². The Morgan fingerprint density at radius 3 is 2.22 bits per heavy atom. The molecule has 23 heavy (non-hydrogen) atoms. The SMILES string of the molecule is Cc1c(C(=O)O)ccc(-c2ccc(-c3ccc(C=O)s3)s2)c1C. The molecule has 0 aliphatic heterocycles. The van der Waals surface area contributed by atoms with Crippen molar-refractivity contribution in [3.8, 4) is 20.2 Å². The smallest absolute Gasteiger partial charge is 0.335 e. The molecule has 3 rings (SSSR count). The van der Waals surface area contributed by atoms with Crippen molar-refractivity contribution in [3.05, 3.63) is 58.0 Å². The van der Waals surface area contributed by atoms with Gasteiger partial charge in [0.15, 0.2) is 6.29 Å². The maximum atomic E-state index is 11.2. The molecule has 0 atom stereocenters. The highest BCUT2D eigenvalue weighted by molar-refractivity contribution is 7.24. The molecule has 0 radical (unpaired) electrons. The van der Waals surface area contributed by atoms with E-state index >= 15 is 0 Å². The molecule has 2 aromatic heterocycles. The monoisotopic (exact) mass is 342 g/mol. The van der Waals surface area contributed by atoms with E-state index in [9.17, 15) is 14.7 Å². The first-order valence-corrected chi connectivity index (χ1v) is 8.63. The van der Waals surface area contributed by atoms with Crippen LogP contribution in [0.15, 0.2) is 36.4 Å². The summed E-state index contributed by atoms with van der Waals surface area (Å²) in [5.41, 5.74) is 3.18. The predicted octanol–water partition coefficient (Wildman–Crippen LogP) is 5.27. The fraction of sp³-hybridized carbons (Fsp3) is 0.111. The molecular formula is C18H14O3S2. The minimum Gasteiger partial charge on any atom is -0.478 e. The van der Waals surface area contributed by atoms with Crippen molar-refractivity contribution in [1.29, 1.82) is 0 Å². The summed E-state index contributed by atoms with van der Waals surface area (Å²) in [6.07, 6.45) is 0.862. The third-order valence-electron chi connectivity index (χ3n) is 3.87. The van der Waals surface area contributed by atoms with Crippen LogP contribution in [0.2, 0.25) is 0 Å². The van der Waals surface area contributed by atoms with Gasteiger partial charge in [-0.1, -0.05) is 6.07 Å². The van der Waals surface area contributed by atoms with Crippen LogP contribution in [-0.4, -0.2) is 17.4 Å². The van der Waals surface area contributed by atoms with E-state index in [0.717, 1.165) is 37.6 Å². The second kappa shape index (κ2) is 6.10. The van der Waals surface area contributed by atoms with Crippen LogP contribution in [0, 0.1) is 13.8 Å². The average molecular weight is 342 g/mol. The lowest BCUT2D eigenvalue weighted by Crippen LogP contribution is -2.01. The quantitative estimate of drug-likeness (QED) is 0.657. The summed E-state index contributed by atoms with van der Waals surface area (Å²) in [5.74, 6) is -0.899. The number of carbonyl (C=O) groups excluding carboxylic acids is 1. The van der Waals surface area contributed by atoms with Gasteiger partial charge in [0.2, 0.25) is 0 Å². The molecule has 116 valence electrons. The summed E-state index contributed by atoms with van der Waals surface area (Å²) >= 11 is 3.12. The fourth-order valence-corrected chi connectivity index (χ4v) is 4.48. The Hall–Kier alpha value is -2.24. The molecule has 1 aromatic carbocycles. The zero-order chi connectivity index (χ0) is 16.6. The van der Waals surface area contributed by atoms with Crippen LogP contribution in [-0.2, 0) is 0 Å². The fourth-order valence-electron chi connectivity index (χ4n) is 2.48. The number of aromatic carboxylic acids is 1. The summed E-state index contributed by atoms with van der Waals surface area (Å²) in [6.45, 7) is 3.79. The van der Waals surface area contributed by atoms with Gasteiger partial charge in [0.05, 0.1) is 10.4 Å². The second-order valence-corrected chi connectivity index (χ2v) is 7.40. The highest BCUT2D eigenvalue weighted by Crippen LogP contribution is 2.39. The van der Waals surface area contributed by atoms with Crippen LogP contribution in [0.3, 0.4) is 0 Å². The van der Waals surface area contributed by atoms with Gasteiger partial charge in [-0.2, -0.15) is 0 Å². The number of benzene rings is 1. The molecule has 2 heterocycles. The number of rotatable bonds is 4. The highest BCUT2D eigenvalue weighted by atomic mass is 32.1. The van der Waals surface area contributed by atoms with Gasteiger partial charge in [-0.05, 0) is 60.9 Å². The lowest BCUT2D eigenvalue weighted by molar-refractivity contribution is 0.0696. The number of carboxylic acid groups (broad SMARTS) is 1. The number of thiophene rings is 2. The molecule has 0 spiro atoms. The highest BCUT2D eigenvalue weighted by Gasteiger charge is 2.14. The molecular weight excluding hydrogens is 328 g/mol. The van der Waals surface area contributed by atoms with Gasteiger partial charge in [-0.25, -0.2) is 4.79 Å². The van der Waals surface area contributed by atoms with Gasteiger partial charge in [0, 0.05) is 14.6 Å². The lowest BCUT2D eigenvalue weighted by Gasteiger charge is -2.09. The third kappa shape index (κ3) is 2.85. The number of carbonyl (C=O) groups is 2.